The SMILES string of the molecule is CN(Cc1ccc(-c2ccc(C(F)F)cc2)cc1)C(=O)CC(C)(C)C.O=C(O)c1ccc2cnccc2c1. The van der Waals surface area contributed by atoms with Crippen LogP contribution in [0.2, 0.25) is 0 Å². The monoisotopic (exact) mass is 518 g/mol. The number of aromatic nitrogens is 1. The molecule has 0 radical (unpaired) electrons. The molecule has 5 nitrogen and oxygen atoms in total. The van der Waals surface area contributed by atoms with Gasteiger partial charge in [-0.05, 0) is 45.7 Å². The first-order chi connectivity index (χ1) is 17.9. The van der Waals surface area contributed by atoms with Crippen LogP contribution >= 0.6 is 0 Å². The zero-order valence-corrected chi connectivity index (χ0v) is 22.0. The van der Waals surface area contributed by atoms with Gasteiger partial charge in [0, 0.05) is 43.4 Å². The summed E-state index contributed by atoms with van der Waals surface area (Å²) >= 11 is 0. The first kappa shape index (κ1) is 28.4. The van der Waals surface area contributed by atoms with E-state index in [1.165, 1.54) is 12.1 Å². The lowest BCUT2D eigenvalue weighted by Gasteiger charge is -2.23. The van der Waals surface area contributed by atoms with Crippen LogP contribution in [0.15, 0.2) is 85.2 Å². The Kier molecular flexibility index (Phi) is 9.29. The summed E-state index contributed by atoms with van der Waals surface area (Å²) < 4.78 is 25.2. The summed E-state index contributed by atoms with van der Waals surface area (Å²) in [5.41, 5.74) is 3.21. The van der Waals surface area contributed by atoms with Crippen molar-refractivity contribution in [1.82, 2.24) is 9.88 Å². The molecule has 7 heteroatoms. The van der Waals surface area contributed by atoms with Crippen LogP contribution < -0.4 is 0 Å². The molecule has 0 saturated heterocycles. The summed E-state index contributed by atoms with van der Waals surface area (Å²) in [5.74, 6) is -0.780. The van der Waals surface area contributed by atoms with Crippen LogP contribution in [-0.2, 0) is 11.3 Å². The van der Waals surface area contributed by atoms with E-state index in [1.807, 2.05) is 52.1 Å². The van der Waals surface area contributed by atoms with E-state index in [2.05, 4.69) is 4.98 Å². The molecule has 0 aliphatic heterocycles. The number of carboxylic acid groups (broad SMARTS) is 1. The van der Waals surface area contributed by atoms with E-state index in [9.17, 15) is 18.4 Å². The molecule has 198 valence electrons. The van der Waals surface area contributed by atoms with E-state index in [1.54, 1.807) is 53.7 Å². The molecule has 0 fully saturated rings. The van der Waals surface area contributed by atoms with Crippen molar-refractivity contribution in [2.24, 2.45) is 5.41 Å². The van der Waals surface area contributed by atoms with E-state index < -0.39 is 12.4 Å². The molecule has 1 amide bonds. The number of benzene rings is 3. The molecule has 1 N–H and O–H groups in total. The smallest absolute Gasteiger partial charge is 0.335 e. The quantitative estimate of drug-likeness (QED) is 0.285. The number of carbonyl (C=O) groups is 2. The van der Waals surface area contributed by atoms with E-state index in [0.29, 0.717) is 18.5 Å². The molecule has 0 saturated carbocycles. The second-order valence-corrected chi connectivity index (χ2v) is 10.3. The zero-order chi connectivity index (χ0) is 27.9. The van der Waals surface area contributed by atoms with Crippen LogP contribution in [0.4, 0.5) is 8.78 Å². The lowest BCUT2D eigenvalue weighted by Crippen LogP contribution is -2.29. The van der Waals surface area contributed by atoms with Gasteiger partial charge in [0.1, 0.15) is 0 Å². The maximum Gasteiger partial charge on any atom is 0.335 e. The Balaban J connectivity index is 0.000000256. The van der Waals surface area contributed by atoms with Gasteiger partial charge < -0.3 is 10.0 Å². The first-order valence-electron chi connectivity index (χ1n) is 12.2. The molecular weight excluding hydrogens is 486 g/mol. The summed E-state index contributed by atoms with van der Waals surface area (Å²) in [7, 11) is 1.81. The highest BCUT2D eigenvalue weighted by Crippen LogP contribution is 2.25. The van der Waals surface area contributed by atoms with Crippen molar-refractivity contribution in [3.63, 3.8) is 0 Å². The van der Waals surface area contributed by atoms with Crippen molar-refractivity contribution in [2.75, 3.05) is 7.05 Å². The third-order valence-corrected chi connectivity index (χ3v) is 5.86. The number of rotatable bonds is 6. The Morgan fingerprint density at radius 1 is 0.895 bits per heavy atom. The van der Waals surface area contributed by atoms with Gasteiger partial charge in [-0.2, -0.15) is 0 Å². The number of alkyl halides is 2. The Bertz CT molecular complexity index is 1380. The molecule has 0 bridgehead atoms. The van der Waals surface area contributed by atoms with Gasteiger partial charge in [-0.15, -0.1) is 0 Å². The van der Waals surface area contributed by atoms with Crippen LogP contribution in [0.3, 0.4) is 0 Å². The third-order valence-electron chi connectivity index (χ3n) is 5.86. The fourth-order valence-corrected chi connectivity index (χ4v) is 3.79. The number of amides is 1. The van der Waals surface area contributed by atoms with E-state index in [0.717, 1.165) is 27.5 Å². The van der Waals surface area contributed by atoms with Gasteiger partial charge in [0.25, 0.3) is 6.43 Å². The number of aromatic carboxylic acids is 1. The number of pyridine rings is 1. The summed E-state index contributed by atoms with van der Waals surface area (Å²) in [6.45, 7) is 6.70. The normalized spacial score (nSPS) is 11.1. The van der Waals surface area contributed by atoms with Crippen molar-refractivity contribution in [3.05, 3.63) is 102 Å². The number of nitrogens with zero attached hydrogens (tertiary/aromatic N) is 2. The number of fused-ring (bicyclic) bond motifs is 1. The number of carbonyl (C=O) groups excluding carboxylic acids is 1. The standard InChI is InChI=1S/C21H25F2NO.C10H7NO2/c1-21(2,3)13-19(25)24(4)14-15-5-7-16(8-6-15)17-9-11-18(12-10-17)20(22)23;12-10(13)8-1-2-9-6-11-4-3-7(9)5-8/h5-12,20H,13-14H2,1-4H3;1-6H,(H,12,13). The lowest BCUT2D eigenvalue weighted by atomic mass is 9.91. The summed E-state index contributed by atoms with van der Waals surface area (Å²) in [4.78, 5) is 28.5. The minimum Gasteiger partial charge on any atom is -0.478 e. The van der Waals surface area contributed by atoms with Crippen molar-refractivity contribution < 1.29 is 23.5 Å². The van der Waals surface area contributed by atoms with Crippen molar-refractivity contribution >= 4 is 22.6 Å². The molecule has 1 heterocycles. The van der Waals surface area contributed by atoms with E-state index >= 15 is 0 Å². The Morgan fingerprint density at radius 3 is 2.05 bits per heavy atom. The van der Waals surface area contributed by atoms with Gasteiger partial charge in [0.05, 0.1) is 5.56 Å². The molecule has 0 spiro atoms. The largest absolute Gasteiger partial charge is 0.478 e. The highest BCUT2D eigenvalue weighted by atomic mass is 19.3. The Labute approximate surface area is 221 Å². The third kappa shape index (κ3) is 8.20. The zero-order valence-electron chi connectivity index (χ0n) is 22.0. The molecule has 4 rings (SSSR count). The molecular formula is C31H32F2N2O3. The predicted molar refractivity (Wildman–Crippen MR) is 146 cm³/mol. The molecule has 0 aliphatic rings. The molecule has 4 aromatic rings. The summed E-state index contributed by atoms with van der Waals surface area (Å²) in [6, 6.07) is 20.9. The van der Waals surface area contributed by atoms with Crippen molar-refractivity contribution in [2.45, 2.75) is 40.2 Å². The molecule has 1 aromatic heterocycles. The van der Waals surface area contributed by atoms with Gasteiger partial charge in [-0.25, -0.2) is 13.6 Å². The fourth-order valence-electron chi connectivity index (χ4n) is 3.79. The van der Waals surface area contributed by atoms with E-state index in [4.69, 9.17) is 5.11 Å². The highest BCUT2D eigenvalue weighted by Gasteiger charge is 2.19. The highest BCUT2D eigenvalue weighted by molar-refractivity contribution is 5.94. The summed E-state index contributed by atoms with van der Waals surface area (Å²) in [5, 5.41) is 10.6. The maximum atomic E-state index is 12.6. The van der Waals surface area contributed by atoms with Gasteiger partial charge in [0.2, 0.25) is 5.91 Å². The second-order valence-electron chi connectivity index (χ2n) is 10.3. The van der Waals surface area contributed by atoms with Gasteiger partial charge in [-0.1, -0.05) is 75.4 Å². The Morgan fingerprint density at radius 2 is 1.50 bits per heavy atom. The number of hydrogen-bond donors (Lipinski definition) is 1. The van der Waals surface area contributed by atoms with Crippen LogP contribution in [0, 0.1) is 5.41 Å². The maximum absolute atomic E-state index is 12.6. The average Bonchev–Trinajstić information content (AvgIpc) is 2.88. The lowest BCUT2D eigenvalue weighted by molar-refractivity contribution is -0.132. The van der Waals surface area contributed by atoms with E-state index in [-0.39, 0.29) is 16.9 Å². The fraction of sp³-hybridized carbons (Fsp3) is 0.258. The second kappa shape index (κ2) is 12.4. The number of halogens is 2. The van der Waals surface area contributed by atoms with Gasteiger partial charge in [-0.3, -0.25) is 9.78 Å². The molecule has 3 aromatic carbocycles. The van der Waals surface area contributed by atoms with Crippen LogP contribution in [0.1, 0.15) is 55.1 Å². The van der Waals surface area contributed by atoms with Gasteiger partial charge in [0.15, 0.2) is 0 Å². The van der Waals surface area contributed by atoms with Crippen molar-refractivity contribution in [3.8, 4) is 11.1 Å². The Hall–Kier alpha value is -4.13. The predicted octanol–water partition coefficient (Wildman–Crippen LogP) is 7.62. The minimum absolute atomic E-state index is 0.0272. The van der Waals surface area contributed by atoms with Crippen molar-refractivity contribution in [1.29, 1.82) is 0 Å². The van der Waals surface area contributed by atoms with Gasteiger partial charge >= 0.3 is 5.97 Å². The minimum atomic E-state index is -2.45. The van der Waals surface area contributed by atoms with Crippen LogP contribution in [0.5, 0.6) is 0 Å². The van der Waals surface area contributed by atoms with Crippen LogP contribution in [0.25, 0.3) is 21.9 Å². The summed E-state index contributed by atoms with van der Waals surface area (Å²) in [6.07, 6.45) is 1.42. The molecule has 0 aliphatic carbocycles. The molecule has 38 heavy (non-hydrogen) atoms. The molecule has 0 unspecified atom stereocenters. The number of hydrogen-bond acceptors (Lipinski definition) is 3. The topological polar surface area (TPSA) is 70.5 Å². The first-order valence-corrected chi connectivity index (χ1v) is 12.2. The average molecular weight is 519 g/mol. The van der Waals surface area contributed by atoms with Crippen LogP contribution in [-0.4, -0.2) is 33.9 Å². The number of carboxylic acids is 1. The molecule has 0 atom stereocenters.